The number of hydrogen-bond acceptors (Lipinski definition) is 8. The van der Waals surface area contributed by atoms with Crippen LogP contribution in [0, 0.1) is 0 Å². The number of pyridine rings is 1. The van der Waals surface area contributed by atoms with Crippen molar-refractivity contribution in [1.29, 1.82) is 0 Å². The van der Waals surface area contributed by atoms with E-state index < -0.39 is 12.0 Å². The van der Waals surface area contributed by atoms with Gasteiger partial charge in [-0.2, -0.15) is 5.10 Å². The molecule has 1 saturated heterocycles. The summed E-state index contributed by atoms with van der Waals surface area (Å²) in [5.74, 6) is 0.218. The van der Waals surface area contributed by atoms with E-state index in [2.05, 4.69) is 20.4 Å². The molecule has 1 aliphatic rings. The number of hydrogen-bond donors (Lipinski definition) is 3. The van der Waals surface area contributed by atoms with E-state index in [4.69, 9.17) is 10.2 Å². The Morgan fingerprint density at radius 2 is 2.19 bits per heavy atom. The Morgan fingerprint density at radius 1 is 1.34 bits per heavy atom. The summed E-state index contributed by atoms with van der Waals surface area (Å²) in [7, 11) is 1.85. The Balaban J connectivity index is 0.00000245. The Morgan fingerprint density at radius 3 is 2.94 bits per heavy atom. The number of carbonyl (C=O) groups excluding carboxylic acids is 1. The second-order valence-electron chi connectivity index (χ2n) is 7.58. The fourth-order valence-electron chi connectivity index (χ4n) is 3.78. The summed E-state index contributed by atoms with van der Waals surface area (Å²) >= 11 is 0. The number of halogens is 1. The van der Waals surface area contributed by atoms with Crippen LogP contribution in [0.2, 0.25) is 0 Å². The number of anilines is 3. The lowest BCUT2D eigenvalue weighted by atomic mass is 10.2. The van der Waals surface area contributed by atoms with Crippen molar-refractivity contribution in [2.45, 2.75) is 12.5 Å². The normalized spacial score (nSPS) is 15.7. The van der Waals surface area contributed by atoms with Crippen LogP contribution in [0.1, 0.15) is 16.9 Å². The number of benzene rings is 1. The van der Waals surface area contributed by atoms with Crippen LogP contribution >= 0.6 is 12.4 Å². The lowest BCUT2D eigenvalue weighted by Crippen LogP contribution is -2.23. The van der Waals surface area contributed by atoms with E-state index in [0.29, 0.717) is 36.6 Å². The second-order valence-corrected chi connectivity index (χ2v) is 7.58. The van der Waals surface area contributed by atoms with E-state index in [9.17, 15) is 9.90 Å². The van der Waals surface area contributed by atoms with Crippen LogP contribution in [0.5, 0.6) is 0 Å². The lowest BCUT2D eigenvalue weighted by molar-refractivity contribution is 0.102. The number of nitrogen functional groups attached to an aromatic ring is 1. The minimum absolute atomic E-state index is 0. The number of aliphatic hydroxyl groups is 1. The summed E-state index contributed by atoms with van der Waals surface area (Å²) in [5, 5.41) is 18.3. The predicted octanol–water partition coefficient (Wildman–Crippen LogP) is 2.45. The molecule has 3 aromatic heterocycles. The highest BCUT2D eigenvalue weighted by Gasteiger charge is 2.25. The maximum Gasteiger partial charge on any atom is 0.277 e. The Hall–Kier alpha value is -3.63. The number of nitrogens with zero attached hydrogens (tertiary/aromatic N) is 5. The maximum atomic E-state index is 12.9. The van der Waals surface area contributed by atoms with Crippen LogP contribution in [0.4, 0.5) is 17.2 Å². The quantitative estimate of drug-likeness (QED) is 0.427. The molecule has 0 bridgehead atoms. The Bertz CT molecular complexity index is 1290. The molecule has 5 rings (SSSR count). The highest BCUT2D eigenvalue weighted by atomic mass is 35.5. The van der Waals surface area contributed by atoms with E-state index in [1.54, 1.807) is 23.0 Å². The maximum absolute atomic E-state index is 12.9. The van der Waals surface area contributed by atoms with Crippen LogP contribution in [0.25, 0.3) is 22.4 Å². The van der Waals surface area contributed by atoms with Gasteiger partial charge in [-0.25, -0.2) is 9.97 Å². The molecule has 0 aliphatic carbocycles. The topological polar surface area (TPSA) is 135 Å². The fraction of sp³-hybridized carbons (Fsp3) is 0.238. The van der Waals surface area contributed by atoms with E-state index in [1.165, 1.54) is 6.26 Å². The zero-order chi connectivity index (χ0) is 21.5. The largest absolute Gasteiger partial charge is 0.444 e. The standard InChI is InChI=1S/C21H21N7O3.ClH/c1-27-9-13-6-16(18(8-15(13)26-27)28-5-3-14(29)10-28)24-20(30)17-11-31-21(25-17)12-2-4-23-19(22)7-12;/h2,4,6-9,11,14,29H,3,5,10H2,1H3,(H2,22,23)(H,24,30);1H/t14-;/m1./s1. The molecule has 32 heavy (non-hydrogen) atoms. The number of nitrogens with one attached hydrogen (secondary N) is 1. The minimum atomic E-state index is -0.402. The number of nitrogens with two attached hydrogens (primary N) is 1. The predicted molar refractivity (Wildman–Crippen MR) is 123 cm³/mol. The van der Waals surface area contributed by atoms with Gasteiger partial charge in [0, 0.05) is 43.5 Å². The van der Waals surface area contributed by atoms with E-state index in [-0.39, 0.29) is 24.0 Å². The summed E-state index contributed by atoms with van der Waals surface area (Å²) in [5.41, 5.74) is 8.73. The van der Waals surface area contributed by atoms with Crippen molar-refractivity contribution in [2.24, 2.45) is 7.05 Å². The van der Waals surface area contributed by atoms with Gasteiger partial charge in [0.25, 0.3) is 5.91 Å². The molecule has 0 saturated carbocycles. The number of β-amino-alcohol motifs (C(OH)–C–C–N with tert-alkyl or cyclic N) is 1. The molecule has 166 valence electrons. The molecule has 0 unspecified atom stereocenters. The van der Waals surface area contributed by atoms with Crippen LogP contribution in [0.3, 0.4) is 0 Å². The van der Waals surface area contributed by atoms with Crippen molar-refractivity contribution < 1.29 is 14.3 Å². The molecule has 1 atom stereocenters. The van der Waals surface area contributed by atoms with Gasteiger partial charge in [0.15, 0.2) is 5.69 Å². The zero-order valence-corrected chi connectivity index (χ0v) is 18.0. The van der Waals surface area contributed by atoms with Crippen molar-refractivity contribution in [1.82, 2.24) is 19.7 Å². The van der Waals surface area contributed by atoms with E-state index >= 15 is 0 Å². The average Bonchev–Trinajstić information content (AvgIpc) is 3.46. The van der Waals surface area contributed by atoms with Gasteiger partial charge >= 0.3 is 0 Å². The van der Waals surface area contributed by atoms with Crippen molar-refractivity contribution >= 4 is 46.4 Å². The summed E-state index contributed by atoms with van der Waals surface area (Å²) in [6.07, 6.45) is 5.02. The van der Waals surface area contributed by atoms with Crippen LogP contribution in [-0.4, -0.2) is 50.0 Å². The summed E-state index contributed by atoms with van der Waals surface area (Å²) in [4.78, 5) is 23.2. The summed E-state index contributed by atoms with van der Waals surface area (Å²) < 4.78 is 7.20. The van der Waals surface area contributed by atoms with Crippen molar-refractivity contribution in [3.63, 3.8) is 0 Å². The number of amides is 1. The van der Waals surface area contributed by atoms with Gasteiger partial charge in [0.1, 0.15) is 12.1 Å². The van der Waals surface area contributed by atoms with Crippen molar-refractivity contribution in [2.75, 3.05) is 29.0 Å². The molecule has 4 heterocycles. The van der Waals surface area contributed by atoms with Crippen molar-refractivity contribution in [3.8, 4) is 11.5 Å². The number of aryl methyl sites for hydroxylation is 1. The molecule has 1 amide bonds. The van der Waals surface area contributed by atoms with Gasteiger partial charge < -0.3 is 25.5 Å². The van der Waals surface area contributed by atoms with Crippen LogP contribution < -0.4 is 16.0 Å². The van der Waals surface area contributed by atoms with Gasteiger partial charge in [0.2, 0.25) is 5.89 Å². The summed E-state index contributed by atoms with van der Waals surface area (Å²) in [6, 6.07) is 7.14. The molecule has 0 spiro atoms. The Labute approximate surface area is 189 Å². The lowest BCUT2D eigenvalue weighted by Gasteiger charge is -2.21. The van der Waals surface area contributed by atoms with Crippen LogP contribution in [-0.2, 0) is 7.05 Å². The van der Waals surface area contributed by atoms with Crippen LogP contribution in [0.15, 0.2) is 47.3 Å². The highest BCUT2D eigenvalue weighted by molar-refractivity contribution is 6.06. The third kappa shape index (κ3) is 4.10. The SMILES string of the molecule is Cl.Cn1cc2cc(NC(=O)c3coc(-c4ccnc(N)c4)n3)c(N3CC[C@@H](O)C3)cc2n1. The number of aliphatic hydroxyl groups excluding tert-OH is 1. The molecular weight excluding hydrogens is 434 g/mol. The van der Waals surface area contributed by atoms with Gasteiger partial charge in [-0.1, -0.05) is 0 Å². The number of aromatic nitrogens is 4. The molecule has 4 N–H and O–H groups in total. The first kappa shape index (κ1) is 21.6. The monoisotopic (exact) mass is 455 g/mol. The number of oxazole rings is 1. The smallest absolute Gasteiger partial charge is 0.277 e. The third-order valence-corrected chi connectivity index (χ3v) is 5.25. The highest BCUT2D eigenvalue weighted by Crippen LogP contribution is 2.33. The summed E-state index contributed by atoms with van der Waals surface area (Å²) in [6.45, 7) is 1.19. The van der Waals surface area contributed by atoms with Crippen molar-refractivity contribution in [3.05, 3.63) is 48.6 Å². The molecule has 11 heteroatoms. The molecule has 10 nitrogen and oxygen atoms in total. The zero-order valence-electron chi connectivity index (χ0n) is 17.2. The number of rotatable bonds is 4. The first-order chi connectivity index (χ1) is 15.0. The molecular formula is C21H22ClN7O3. The van der Waals surface area contributed by atoms with Gasteiger partial charge in [-0.05, 0) is 30.7 Å². The first-order valence-corrected chi connectivity index (χ1v) is 9.85. The number of fused-ring (bicyclic) bond motifs is 1. The van der Waals surface area contributed by atoms with Gasteiger partial charge in [0.05, 0.1) is 23.0 Å². The Kier molecular flexibility index (Phi) is 5.72. The van der Waals surface area contributed by atoms with E-state index in [1.807, 2.05) is 30.3 Å². The van der Waals surface area contributed by atoms with Gasteiger partial charge in [-0.3, -0.25) is 9.48 Å². The first-order valence-electron chi connectivity index (χ1n) is 9.85. The second kappa shape index (κ2) is 8.48. The molecule has 1 aromatic carbocycles. The molecule has 1 fully saturated rings. The molecule has 4 aromatic rings. The number of carbonyl (C=O) groups is 1. The third-order valence-electron chi connectivity index (χ3n) is 5.25. The molecule has 1 aliphatic heterocycles. The van der Waals surface area contributed by atoms with E-state index in [0.717, 1.165) is 16.6 Å². The molecule has 0 radical (unpaired) electrons. The minimum Gasteiger partial charge on any atom is -0.444 e. The average molecular weight is 456 g/mol. The van der Waals surface area contributed by atoms with Gasteiger partial charge in [-0.15, -0.1) is 12.4 Å². The fourth-order valence-corrected chi connectivity index (χ4v) is 3.78.